The number of nitrogens with zero attached hydrogens (tertiary/aromatic N) is 1. The van der Waals surface area contributed by atoms with Crippen LogP contribution in [0.3, 0.4) is 0 Å². The van der Waals surface area contributed by atoms with E-state index in [0.29, 0.717) is 0 Å². The number of hydrogen-bond donors (Lipinski definition) is 1. The molecule has 0 saturated carbocycles. The minimum Gasteiger partial charge on any atom is -0.387 e. The maximum absolute atomic E-state index is 3.89. The number of hydrogen-bond acceptors (Lipinski definition) is 2. The Bertz CT molecular complexity index is 148. The second-order valence-corrected chi connectivity index (χ2v) is 1.49. The largest absolute Gasteiger partial charge is 0.387 e. The highest BCUT2D eigenvalue weighted by Gasteiger charge is 1.79. The van der Waals surface area contributed by atoms with Gasteiger partial charge in [-0.1, -0.05) is 7.43 Å². The third kappa shape index (κ3) is 2.13. The number of nitrogens with one attached hydrogen (secondary N) is 1. The van der Waals surface area contributed by atoms with Crippen LogP contribution < -0.4 is 5.32 Å². The van der Waals surface area contributed by atoms with Crippen LogP contribution in [0.15, 0.2) is 24.5 Å². The highest BCUT2D eigenvalue weighted by atomic mass is 14.8. The lowest BCUT2D eigenvalue weighted by molar-refractivity contribution is 1.31. The fraction of sp³-hybridized carbons (Fsp3) is 0.286. The fourth-order valence-corrected chi connectivity index (χ4v) is 0.511. The van der Waals surface area contributed by atoms with Gasteiger partial charge >= 0.3 is 0 Å². The highest BCUT2D eigenvalue weighted by Crippen LogP contribution is 1.98. The Labute approximate surface area is 55.9 Å². The van der Waals surface area contributed by atoms with Gasteiger partial charge in [0.05, 0.1) is 5.69 Å². The Hall–Kier alpha value is -1.05. The van der Waals surface area contributed by atoms with Gasteiger partial charge in [-0.05, 0) is 12.1 Å². The molecule has 0 unspecified atom stereocenters. The van der Waals surface area contributed by atoms with Crippen molar-refractivity contribution in [2.45, 2.75) is 7.43 Å². The molecule has 0 fully saturated rings. The molecule has 0 aromatic carbocycles. The lowest BCUT2D eigenvalue weighted by Gasteiger charge is -1.93. The minimum absolute atomic E-state index is 0. The van der Waals surface area contributed by atoms with Gasteiger partial charge in [0.15, 0.2) is 0 Å². The quantitative estimate of drug-likeness (QED) is 0.617. The first-order valence-electron chi connectivity index (χ1n) is 2.51. The van der Waals surface area contributed by atoms with E-state index in [9.17, 15) is 0 Å². The Balaban J connectivity index is 0.000000640. The summed E-state index contributed by atoms with van der Waals surface area (Å²) in [6, 6.07) is 3.86. The number of rotatable bonds is 1. The molecule has 0 spiro atoms. The first kappa shape index (κ1) is 7.95. The SMILES string of the molecule is C.CNc1cccnc1. The zero-order valence-corrected chi connectivity index (χ0v) is 4.76. The Kier molecular flexibility index (Phi) is 3.44. The zero-order valence-electron chi connectivity index (χ0n) is 4.76. The van der Waals surface area contributed by atoms with Gasteiger partial charge in [-0.2, -0.15) is 0 Å². The van der Waals surface area contributed by atoms with Gasteiger partial charge in [-0.25, -0.2) is 0 Å². The molecule has 1 heterocycles. The number of aromatic nitrogens is 1. The standard InChI is InChI=1S/C6H8N2.CH4/c1-7-6-3-2-4-8-5-6;/h2-5,7H,1H3;1H4. The summed E-state index contributed by atoms with van der Waals surface area (Å²) < 4.78 is 0. The topological polar surface area (TPSA) is 24.9 Å². The molecule has 50 valence electrons. The Morgan fingerprint density at radius 3 is 2.67 bits per heavy atom. The maximum atomic E-state index is 3.89. The monoisotopic (exact) mass is 124 g/mol. The van der Waals surface area contributed by atoms with Crippen molar-refractivity contribution in [1.82, 2.24) is 4.98 Å². The van der Waals surface area contributed by atoms with Crippen LogP contribution in [-0.4, -0.2) is 12.0 Å². The van der Waals surface area contributed by atoms with Crippen LogP contribution in [0.1, 0.15) is 7.43 Å². The van der Waals surface area contributed by atoms with Crippen molar-refractivity contribution >= 4 is 5.69 Å². The van der Waals surface area contributed by atoms with Gasteiger partial charge in [-0.3, -0.25) is 4.98 Å². The summed E-state index contributed by atoms with van der Waals surface area (Å²) in [4.78, 5) is 3.89. The van der Waals surface area contributed by atoms with Crippen LogP contribution in [0.5, 0.6) is 0 Å². The molecule has 0 aliphatic rings. The van der Waals surface area contributed by atoms with Gasteiger partial charge in [0, 0.05) is 19.4 Å². The van der Waals surface area contributed by atoms with Crippen molar-refractivity contribution in [2.75, 3.05) is 12.4 Å². The minimum atomic E-state index is 0. The lowest BCUT2D eigenvalue weighted by atomic mass is 10.4. The summed E-state index contributed by atoms with van der Waals surface area (Å²) in [5.41, 5.74) is 1.05. The summed E-state index contributed by atoms with van der Waals surface area (Å²) in [6.07, 6.45) is 3.53. The third-order valence-corrected chi connectivity index (χ3v) is 0.950. The Morgan fingerprint density at radius 2 is 2.33 bits per heavy atom. The van der Waals surface area contributed by atoms with E-state index in [0.717, 1.165) is 5.69 Å². The van der Waals surface area contributed by atoms with Crippen LogP contribution in [0.4, 0.5) is 5.69 Å². The second kappa shape index (κ2) is 3.89. The smallest absolute Gasteiger partial charge is 0.0524 e. The summed E-state index contributed by atoms with van der Waals surface area (Å²) in [6.45, 7) is 0. The van der Waals surface area contributed by atoms with E-state index in [4.69, 9.17) is 0 Å². The lowest BCUT2D eigenvalue weighted by Crippen LogP contribution is -1.86. The van der Waals surface area contributed by atoms with E-state index in [1.165, 1.54) is 0 Å². The predicted octanol–water partition coefficient (Wildman–Crippen LogP) is 1.76. The summed E-state index contributed by atoms with van der Waals surface area (Å²) in [7, 11) is 1.87. The van der Waals surface area contributed by atoms with Crippen molar-refractivity contribution in [2.24, 2.45) is 0 Å². The van der Waals surface area contributed by atoms with Gasteiger partial charge in [-0.15, -0.1) is 0 Å². The maximum Gasteiger partial charge on any atom is 0.0524 e. The first-order chi connectivity index (χ1) is 3.93. The normalized spacial score (nSPS) is 7.67. The van der Waals surface area contributed by atoms with E-state index in [1.54, 1.807) is 12.4 Å². The molecule has 2 heteroatoms. The van der Waals surface area contributed by atoms with Crippen molar-refractivity contribution in [1.29, 1.82) is 0 Å². The molecule has 0 amide bonds. The molecule has 0 atom stereocenters. The Morgan fingerprint density at radius 1 is 1.56 bits per heavy atom. The molecule has 1 aromatic heterocycles. The molecule has 0 saturated heterocycles. The van der Waals surface area contributed by atoms with Gasteiger partial charge in [0.25, 0.3) is 0 Å². The molecule has 1 aromatic rings. The molecule has 2 nitrogen and oxygen atoms in total. The average Bonchev–Trinajstić information content (AvgIpc) is 1.90. The molecule has 0 bridgehead atoms. The van der Waals surface area contributed by atoms with E-state index in [-0.39, 0.29) is 7.43 Å². The fourth-order valence-electron chi connectivity index (χ4n) is 0.511. The summed E-state index contributed by atoms with van der Waals surface area (Å²) in [5, 5.41) is 2.96. The molecule has 0 aliphatic heterocycles. The van der Waals surface area contributed by atoms with E-state index in [2.05, 4.69) is 10.3 Å². The summed E-state index contributed by atoms with van der Waals surface area (Å²) >= 11 is 0. The first-order valence-corrected chi connectivity index (χ1v) is 2.51. The van der Waals surface area contributed by atoms with Crippen LogP contribution in [0.25, 0.3) is 0 Å². The van der Waals surface area contributed by atoms with Crippen LogP contribution in [0.2, 0.25) is 0 Å². The second-order valence-electron chi connectivity index (χ2n) is 1.49. The van der Waals surface area contributed by atoms with Gasteiger partial charge in [0.1, 0.15) is 0 Å². The van der Waals surface area contributed by atoms with Crippen molar-refractivity contribution < 1.29 is 0 Å². The zero-order chi connectivity index (χ0) is 5.82. The van der Waals surface area contributed by atoms with Crippen LogP contribution >= 0.6 is 0 Å². The molecule has 9 heavy (non-hydrogen) atoms. The number of pyridine rings is 1. The molecule has 1 rings (SSSR count). The summed E-state index contributed by atoms with van der Waals surface area (Å²) in [5.74, 6) is 0. The van der Waals surface area contributed by atoms with Crippen molar-refractivity contribution in [3.05, 3.63) is 24.5 Å². The molecular formula is C7H12N2. The van der Waals surface area contributed by atoms with Gasteiger partial charge < -0.3 is 5.32 Å². The number of anilines is 1. The van der Waals surface area contributed by atoms with Crippen LogP contribution in [0, 0.1) is 0 Å². The molecule has 0 aliphatic carbocycles. The van der Waals surface area contributed by atoms with E-state index < -0.39 is 0 Å². The molecule has 0 radical (unpaired) electrons. The highest BCUT2D eigenvalue weighted by molar-refractivity contribution is 5.38. The van der Waals surface area contributed by atoms with Crippen molar-refractivity contribution in [3.63, 3.8) is 0 Å². The van der Waals surface area contributed by atoms with Gasteiger partial charge in [0.2, 0.25) is 0 Å². The predicted molar refractivity (Wildman–Crippen MR) is 40.5 cm³/mol. The third-order valence-electron chi connectivity index (χ3n) is 0.950. The molecular weight excluding hydrogens is 112 g/mol. The van der Waals surface area contributed by atoms with Crippen LogP contribution in [-0.2, 0) is 0 Å². The van der Waals surface area contributed by atoms with E-state index in [1.807, 2.05) is 19.2 Å². The van der Waals surface area contributed by atoms with Crippen molar-refractivity contribution in [3.8, 4) is 0 Å². The average molecular weight is 124 g/mol. The molecule has 1 N–H and O–H groups in total. The van der Waals surface area contributed by atoms with E-state index >= 15 is 0 Å².